The van der Waals surface area contributed by atoms with Gasteiger partial charge in [0.25, 0.3) is 0 Å². The maximum Gasteiger partial charge on any atom is 0.230 e. The van der Waals surface area contributed by atoms with Crippen LogP contribution in [0.25, 0.3) is 0 Å². The van der Waals surface area contributed by atoms with Crippen LogP contribution in [0.3, 0.4) is 0 Å². The first-order valence-corrected chi connectivity index (χ1v) is 9.04. The van der Waals surface area contributed by atoms with Crippen molar-refractivity contribution in [1.29, 1.82) is 0 Å². The van der Waals surface area contributed by atoms with Crippen LogP contribution < -0.4 is 10.6 Å². The fourth-order valence-electron chi connectivity index (χ4n) is 1.70. The van der Waals surface area contributed by atoms with Crippen LogP contribution in [0.2, 0.25) is 0 Å². The molecule has 0 atom stereocenters. The van der Waals surface area contributed by atoms with Crippen LogP contribution in [0.15, 0.2) is 34.7 Å². The zero-order chi connectivity index (χ0) is 16.5. The van der Waals surface area contributed by atoms with E-state index in [0.29, 0.717) is 22.4 Å². The van der Waals surface area contributed by atoms with Crippen molar-refractivity contribution in [2.75, 3.05) is 11.1 Å². The molecule has 2 N–H and O–H groups in total. The second-order valence-corrected chi connectivity index (χ2v) is 6.92. The van der Waals surface area contributed by atoms with Gasteiger partial charge in [-0.2, -0.15) is 0 Å². The van der Waals surface area contributed by atoms with E-state index in [1.807, 2.05) is 37.3 Å². The minimum atomic E-state index is -0.0687. The summed E-state index contributed by atoms with van der Waals surface area (Å²) in [7, 11) is 0. The van der Waals surface area contributed by atoms with E-state index < -0.39 is 0 Å². The Balaban J connectivity index is 1.72. The summed E-state index contributed by atoms with van der Waals surface area (Å²) in [6.45, 7) is 2.45. The Morgan fingerprint density at radius 1 is 1.17 bits per heavy atom. The van der Waals surface area contributed by atoms with E-state index in [2.05, 4.69) is 20.8 Å². The highest BCUT2D eigenvalue weighted by molar-refractivity contribution is 8.01. The van der Waals surface area contributed by atoms with E-state index in [-0.39, 0.29) is 17.6 Å². The molecule has 1 aromatic heterocycles. The Kier molecular flexibility index (Phi) is 7.02. The molecular formula is C15H18N4O2S2. The fourth-order valence-corrected chi connectivity index (χ4v) is 3.30. The molecule has 0 bridgehead atoms. The largest absolute Gasteiger partial charge is 0.351 e. The molecule has 122 valence electrons. The fraction of sp³-hybridized carbons (Fsp3) is 0.333. The van der Waals surface area contributed by atoms with Crippen LogP contribution in [0.1, 0.15) is 25.3 Å². The summed E-state index contributed by atoms with van der Waals surface area (Å²) in [6, 6.07) is 9.73. The van der Waals surface area contributed by atoms with Gasteiger partial charge in [-0.05, 0) is 12.0 Å². The lowest BCUT2D eigenvalue weighted by Gasteiger charge is -2.03. The van der Waals surface area contributed by atoms with Crippen molar-refractivity contribution in [3.8, 4) is 0 Å². The lowest BCUT2D eigenvalue weighted by atomic mass is 10.2. The van der Waals surface area contributed by atoms with Crippen LogP contribution in [0.4, 0.5) is 5.13 Å². The molecule has 2 rings (SSSR count). The number of nitrogens with one attached hydrogen (secondary N) is 2. The minimum Gasteiger partial charge on any atom is -0.351 e. The van der Waals surface area contributed by atoms with E-state index in [1.165, 1.54) is 23.1 Å². The number of aromatic nitrogens is 2. The second kappa shape index (κ2) is 9.26. The van der Waals surface area contributed by atoms with E-state index in [0.717, 1.165) is 12.0 Å². The van der Waals surface area contributed by atoms with Crippen molar-refractivity contribution < 1.29 is 9.59 Å². The molecular weight excluding hydrogens is 332 g/mol. The number of thioether (sulfide) groups is 1. The third-order valence-corrected chi connectivity index (χ3v) is 4.76. The minimum absolute atomic E-state index is 0.0642. The molecule has 0 saturated carbocycles. The van der Waals surface area contributed by atoms with Gasteiger partial charge in [0.2, 0.25) is 16.9 Å². The molecule has 0 fully saturated rings. The summed E-state index contributed by atoms with van der Waals surface area (Å²) in [4.78, 5) is 23.3. The first-order chi connectivity index (χ1) is 11.2. The molecule has 0 spiro atoms. The van der Waals surface area contributed by atoms with Gasteiger partial charge in [-0.3, -0.25) is 9.59 Å². The van der Waals surface area contributed by atoms with Gasteiger partial charge in [-0.1, -0.05) is 60.4 Å². The molecule has 0 unspecified atom stereocenters. The van der Waals surface area contributed by atoms with Crippen molar-refractivity contribution in [3.05, 3.63) is 35.9 Å². The van der Waals surface area contributed by atoms with Gasteiger partial charge in [-0.15, -0.1) is 10.2 Å². The summed E-state index contributed by atoms with van der Waals surface area (Å²) in [5.74, 6) is 0.135. The highest BCUT2D eigenvalue weighted by Crippen LogP contribution is 2.25. The number of amides is 2. The van der Waals surface area contributed by atoms with Crippen molar-refractivity contribution >= 4 is 40.0 Å². The normalized spacial score (nSPS) is 10.3. The van der Waals surface area contributed by atoms with Crippen LogP contribution >= 0.6 is 23.1 Å². The number of benzene rings is 1. The summed E-state index contributed by atoms with van der Waals surface area (Å²) >= 11 is 2.58. The Morgan fingerprint density at radius 3 is 2.70 bits per heavy atom. The molecule has 0 saturated heterocycles. The molecule has 6 nitrogen and oxygen atoms in total. The van der Waals surface area contributed by atoms with Crippen molar-refractivity contribution in [1.82, 2.24) is 15.5 Å². The first-order valence-electron chi connectivity index (χ1n) is 7.24. The molecule has 2 amide bonds. The van der Waals surface area contributed by atoms with Crippen molar-refractivity contribution in [3.63, 3.8) is 0 Å². The molecule has 8 heteroatoms. The lowest BCUT2D eigenvalue weighted by Crippen LogP contribution is -2.24. The smallest absolute Gasteiger partial charge is 0.230 e. The summed E-state index contributed by atoms with van der Waals surface area (Å²) in [5, 5.41) is 13.9. The molecule has 0 aliphatic carbocycles. The average Bonchev–Trinajstić information content (AvgIpc) is 2.99. The van der Waals surface area contributed by atoms with Gasteiger partial charge in [0, 0.05) is 13.0 Å². The van der Waals surface area contributed by atoms with Gasteiger partial charge < -0.3 is 10.6 Å². The zero-order valence-electron chi connectivity index (χ0n) is 12.7. The number of hydrogen-bond donors (Lipinski definition) is 2. The van der Waals surface area contributed by atoms with Gasteiger partial charge in [0.1, 0.15) is 0 Å². The zero-order valence-corrected chi connectivity index (χ0v) is 14.4. The highest BCUT2D eigenvalue weighted by Gasteiger charge is 2.10. The van der Waals surface area contributed by atoms with Gasteiger partial charge >= 0.3 is 0 Å². The molecule has 2 aromatic rings. The average molecular weight is 350 g/mol. The Bertz CT molecular complexity index is 646. The van der Waals surface area contributed by atoms with E-state index in [4.69, 9.17) is 0 Å². The topological polar surface area (TPSA) is 84.0 Å². The third kappa shape index (κ3) is 6.37. The molecule has 1 aromatic carbocycles. The molecule has 0 aliphatic rings. The first kappa shape index (κ1) is 17.4. The Morgan fingerprint density at radius 2 is 1.96 bits per heavy atom. The van der Waals surface area contributed by atoms with Crippen molar-refractivity contribution in [2.45, 2.75) is 30.6 Å². The molecule has 23 heavy (non-hydrogen) atoms. The van der Waals surface area contributed by atoms with Crippen LogP contribution in [-0.2, 0) is 16.1 Å². The van der Waals surface area contributed by atoms with Gasteiger partial charge in [0.15, 0.2) is 4.34 Å². The van der Waals surface area contributed by atoms with E-state index in [1.54, 1.807) is 0 Å². The van der Waals surface area contributed by atoms with Crippen LogP contribution in [0, 0.1) is 0 Å². The van der Waals surface area contributed by atoms with E-state index >= 15 is 0 Å². The predicted molar refractivity (Wildman–Crippen MR) is 92.5 cm³/mol. The van der Waals surface area contributed by atoms with E-state index in [9.17, 15) is 9.59 Å². The number of nitrogens with zero attached hydrogens (tertiary/aromatic N) is 2. The number of carbonyl (C=O) groups is 2. The quantitative estimate of drug-likeness (QED) is 0.565. The number of carbonyl (C=O) groups excluding carboxylic acids is 2. The molecule has 1 heterocycles. The summed E-state index contributed by atoms with van der Waals surface area (Å²) in [6.07, 6.45) is 1.25. The maximum absolute atomic E-state index is 11.8. The monoisotopic (exact) mass is 350 g/mol. The Labute approximate surface area is 143 Å². The summed E-state index contributed by atoms with van der Waals surface area (Å²) in [5.41, 5.74) is 1.06. The number of hydrogen-bond acceptors (Lipinski definition) is 6. The number of anilines is 1. The highest BCUT2D eigenvalue weighted by atomic mass is 32.2. The summed E-state index contributed by atoms with van der Waals surface area (Å²) < 4.78 is 0.659. The second-order valence-electron chi connectivity index (χ2n) is 4.72. The van der Waals surface area contributed by atoms with Crippen molar-refractivity contribution in [2.24, 2.45) is 0 Å². The number of rotatable bonds is 8. The van der Waals surface area contributed by atoms with Gasteiger partial charge in [-0.25, -0.2) is 0 Å². The lowest BCUT2D eigenvalue weighted by molar-refractivity contribution is -0.118. The maximum atomic E-state index is 11.8. The molecule has 0 aliphatic heterocycles. The standard InChI is InChI=1S/C15H18N4O2S2/c1-2-6-12(20)17-14-18-19-15(23-14)22-10-13(21)16-9-11-7-4-3-5-8-11/h3-5,7-8H,2,6,9-10H2,1H3,(H,16,21)(H,17,18,20). The van der Waals surface area contributed by atoms with Crippen LogP contribution in [-0.4, -0.2) is 27.8 Å². The van der Waals surface area contributed by atoms with Gasteiger partial charge in [0.05, 0.1) is 5.75 Å². The Hall–Kier alpha value is -1.93. The third-order valence-electron chi connectivity index (χ3n) is 2.79. The van der Waals surface area contributed by atoms with Crippen LogP contribution in [0.5, 0.6) is 0 Å². The molecule has 0 radical (unpaired) electrons. The predicted octanol–water partition coefficient (Wildman–Crippen LogP) is 2.69. The SMILES string of the molecule is CCCC(=O)Nc1nnc(SCC(=O)NCc2ccccc2)s1.